The van der Waals surface area contributed by atoms with Crippen molar-refractivity contribution in [2.75, 3.05) is 23.8 Å². The zero-order valence-electron chi connectivity index (χ0n) is 22.3. The number of amides is 1. The number of nitrogens with zero attached hydrogens (tertiary/aromatic N) is 1. The van der Waals surface area contributed by atoms with Crippen LogP contribution in [0.4, 0.5) is 21.5 Å². The summed E-state index contributed by atoms with van der Waals surface area (Å²) in [5.74, 6) is -0.731. The van der Waals surface area contributed by atoms with Crippen LogP contribution in [0.5, 0.6) is 0 Å². The first kappa shape index (κ1) is 26.4. The van der Waals surface area contributed by atoms with Gasteiger partial charge in [-0.15, -0.1) is 0 Å². The van der Waals surface area contributed by atoms with E-state index in [0.717, 1.165) is 5.56 Å². The summed E-state index contributed by atoms with van der Waals surface area (Å²) in [6.45, 7) is 7.61. The van der Waals surface area contributed by atoms with E-state index >= 15 is 0 Å². The molecule has 0 unspecified atom stereocenters. The monoisotopic (exact) mass is 531 g/mol. The summed E-state index contributed by atoms with van der Waals surface area (Å²) in [7, 11) is 0. The predicted octanol–water partition coefficient (Wildman–Crippen LogP) is 5.74. The molecule has 39 heavy (non-hydrogen) atoms. The number of halogens is 1. The number of hydrogen-bond donors (Lipinski definition) is 2. The number of carbonyl (C=O) groups excluding carboxylic acids is 1. The molecule has 1 aliphatic rings. The number of ether oxygens (including phenoxy) is 1. The number of carbonyl (C=O) groups is 1. The van der Waals surface area contributed by atoms with Gasteiger partial charge in [-0.05, 0) is 69.0 Å². The Morgan fingerprint density at radius 3 is 2.49 bits per heavy atom. The Labute approximate surface area is 224 Å². The number of aromatic nitrogens is 1. The molecule has 2 N–H and O–H groups in total. The van der Waals surface area contributed by atoms with E-state index in [1.165, 1.54) is 13.0 Å². The standard InChI is InChI=1S/C30H30FN3O5/c1-16-8-9-24(23(31)14-16)33-27-17(2)30(37)39-28-25(20-6-5-7-21(15-20)32-19(4)35)18(3)34(29(36)26(27)28)22-10-12-38-13-11-22/h5-9,14-15,22,33H,10-13H2,1-4H3,(H,32,35). The fourth-order valence-corrected chi connectivity index (χ4v) is 5.25. The van der Waals surface area contributed by atoms with Gasteiger partial charge in [0.15, 0.2) is 5.58 Å². The molecule has 202 valence electrons. The van der Waals surface area contributed by atoms with Crippen LogP contribution in [0.1, 0.15) is 42.6 Å². The van der Waals surface area contributed by atoms with Crippen molar-refractivity contribution < 1.29 is 18.3 Å². The van der Waals surface area contributed by atoms with Crippen LogP contribution >= 0.6 is 0 Å². The summed E-state index contributed by atoms with van der Waals surface area (Å²) in [6.07, 6.45) is 1.28. The van der Waals surface area contributed by atoms with Crippen LogP contribution in [0.3, 0.4) is 0 Å². The Balaban J connectivity index is 1.86. The first-order valence-corrected chi connectivity index (χ1v) is 12.9. The molecule has 0 aliphatic carbocycles. The molecule has 5 rings (SSSR count). The smallest absolute Gasteiger partial charge is 0.341 e. The molecule has 2 aromatic carbocycles. The molecule has 0 atom stereocenters. The van der Waals surface area contributed by atoms with Crippen LogP contribution in [0.25, 0.3) is 22.1 Å². The number of hydrogen-bond acceptors (Lipinski definition) is 6. The van der Waals surface area contributed by atoms with Crippen molar-refractivity contribution in [2.24, 2.45) is 0 Å². The molecule has 1 saturated heterocycles. The minimum atomic E-state index is -0.639. The fourth-order valence-electron chi connectivity index (χ4n) is 5.25. The highest BCUT2D eigenvalue weighted by Gasteiger charge is 2.27. The van der Waals surface area contributed by atoms with Gasteiger partial charge in [-0.2, -0.15) is 0 Å². The zero-order valence-corrected chi connectivity index (χ0v) is 22.3. The van der Waals surface area contributed by atoms with Gasteiger partial charge in [0, 0.05) is 43.1 Å². The highest BCUT2D eigenvalue weighted by Crippen LogP contribution is 2.37. The maximum atomic E-state index is 14.9. The van der Waals surface area contributed by atoms with Gasteiger partial charge < -0.3 is 24.4 Å². The number of nitrogens with one attached hydrogen (secondary N) is 2. The number of fused-ring (bicyclic) bond motifs is 1. The minimum absolute atomic E-state index is 0.103. The van der Waals surface area contributed by atoms with Crippen LogP contribution in [-0.4, -0.2) is 23.7 Å². The molecule has 9 heteroatoms. The van der Waals surface area contributed by atoms with Crippen molar-refractivity contribution in [3.05, 3.63) is 85.9 Å². The van der Waals surface area contributed by atoms with E-state index < -0.39 is 11.4 Å². The van der Waals surface area contributed by atoms with E-state index in [1.54, 1.807) is 48.7 Å². The Bertz CT molecular complexity index is 1720. The molecule has 2 aromatic heterocycles. The average Bonchev–Trinajstić information content (AvgIpc) is 2.88. The third-order valence-corrected chi connectivity index (χ3v) is 7.15. The van der Waals surface area contributed by atoms with Crippen molar-refractivity contribution in [3.63, 3.8) is 0 Å². The third-order valence-electron chi connectivity index (χ3n) is 7.15. The van der Waals surface area contributed by atoms with Crippen LogP contribution in [-0.2, 0) is 9.53 Å². The zero-order chi connectivity index (χ0) is 27.8. The summed E-state index contributed by atoms with van der Waals surface area (Å²) >= 11 is 0. The van der Waals surface area contributed by atoms with Crippen LogP contribution < -0.4 is 21.8 Å². The maximum absolute atomic E-state index is 14.9. The van der Waals surface area contributed by atoms with Gasteiger partial charge in [0.1, 0.15) is 11.2 Å². The first-order chi connectivity index (χ1) is 18.7. The van der Waals surface area contributed by atoms with E-state index in [0.29, 0.717) is 48.6 Å². The number of benzene rings is 2. The molecule has 3 heterocycles. The Kier molecular flexibility index (Phi) is 7.10. The lowest BCUT2D eigenvalue weighted by molar-refractivity contribution is -0.114. The Morgan fingerprint density at radius 2 is 1.79 bits per heavy atom. The molecule has 0 bridgehead atoms. The minimum Gasteiger partial charge on any atom is -0.421 e. The quantitative estimate of drug-likeness (QED) is 0.341. The molecular formula is C30H30FN3O5. The maximum Gasteiger partial charge on any atom is 0.341 e. The topological polar surface area (TPSA) is 103 Å². The highest BCUT2D eigenvalue weighted by atomic mass is 19.1. The molecule has 1 fully saturated rings. The van der Waals surface area contributed by atoms with Gasteiger partial charge in [-0.1, -0.05) is 18.2 Å². The Morgan fingerprint density at radius 1 is 1.05 bits per heavy atom. The molecule has 0 spiro atoms. The first-order valence-electron chi connectivity index (χ1n) is 12.9. The van der Waals surface area contributed by atoms with Crippen LogP contribution in [0.15, 0.2) is 56.5 Å². The van der Waals surface area contributed by atoms with Crippen LogP contribution in [0, 0.1) is 26.6 Å². The lowest BCUT2D eigenvalue weighted by atomic mass is 9.97. The van der Waals surface area contributed by atoms with Gasteiger partial charge >= 0.3 is 5.63 Å². The summed E-state index contributed by atoms with van der Waals surface area (Å²) < 4.78 is 28.0. The van der Waals surface area contributed by atoms with E-state index in [4.69, 9.17) is 9.15 Å². The van der Waals surface area contributed by atoms with E-state index in [2.05, 4.69) is 10.6 Å². The number of pyridine rings is 1. The number of rotatable bonds is 5. The molecule has 0 radical (unpaired) electrons. The SMILES string of the molecule is CC(=O)Nc1cccc(-c2c(C)n(C3CCOCC3)c(=O)c3c(Nc4ccc(C)cc4F)c(C)c(=O)oc23)c1. The average molecular weight is 532 g/mol. The van der Waals surface area contributed by atoms with Crippen LogP contribution in [0.2, 0.25) is 0 Å². The van der Waals surface area contributed by atoms with Crippen molar-refractivity contribution in [2.45, 2.75) is 46.6 Å². The third kappa shape index (κ3) is 4.97. The molecular weight excluding hydrogens is 501 g/mol. The molecule has 1 amide bonds. The van der Waals surface area contributed by atoms with Gasteiger partial charge in [0.05, 0.1) is 16.9 Å². The second-order valence-electron chi connectivity index (χ2n) is 9.94. The van der Waals surface area contributed by atoms with Crippen molar-refractivity contribution >= 4 is 33.9 Å². The van der Waals surface area contributed by atoms with Gasteiger partial charge in [0.2, 0.25) is 5.91 Å². The lowest BCUT2D eigenvalue weighted by Gasteiger charge is -2.28. The van der Waals surface area contributed by atoms with Crippen molar-refractivity contribution in [1.82, 2.24) is 4.57 Å². The molecule has 4 aromatic rings. The van der Waals surface area contributed by atoms with Gasteiger partial charge in [-0.25, -0.2) is 9.18 Å². The Hall–Kier alpha value is -4.24. The molecule has 8 nitrogen and oxygen atoms in total. The van der Waals surface area contributed by atoms with Crippen molar-refractivity contribution in [3.8, 4) is 11.1 Å². The van der Waals surface area contributed by atoms with E-state index in [9.17, 15) is 18.8 Å². The van der Waals surface area contributed by atoms with E-state index in [-0.39, 0.29) is 45.4 Å². The number of anilines is 3. The predicted molar refractivity (Wildman–Crippen MR) is 149 cm³/mol. The molecule has 1 aliphatic heterocycles. The lowest BCUT2D eigenvalue weighted by Crippen LogP contribution is -2.32. The summed E-state index contributed by atoms with van der Waals surface area (Å²) in [6, 6.07) is 11.7. The number of aryl methyl sites for hydroxylation is 1. The fraction of sp³-hybridized carbons (Fsp3) is 0.300. The highest BCUT2D eigenvalue weighted by molar-refractivity contribution is 6.01. The van der Waals surface area contributed by atoms with Crippen molar-refractivity contribution in [1.29, 1.82) is 0 Å². The second-order valence-corrected chi connectivity index (χ2v) is 9.94. The normalized spacial score (nSPS) is 14.0. The van der Waals surface area contributed by atoms with Gasteiger partial charge in [0.25, 0.3) is 5.56 Å². The second kappa shape index (κ2) is 10.5. The summed E-state index contributed by atoms with van der Waals surface area (Å²) in [5, 5.41) is 5.96. The summed E-state index contributed by atoms with van der Waals surface area (Å²) in [4.78, 5) is 39.1. The molecule has 0 saturated carbocycles. The summed E-state index contributed by atoms with van der Waals surface area (Å²) in [5.41, 5.74) is 2.77. The van der Waals surface area contributed by atoms with E-state index in [1.807, 2.05) is 13.0 Å². The largest absolute Gasteiger partial charge is 0.421 e. The van der Waals surface area contributed by atoms with Gasteiger partial charge in [-0.3, -0.25) is 9.59 Å².